The van der Waals surface area contributed by atoms with Crippen molar-refractivity contribution < 1.29 is 14.3 Å². The topological polar surface area (TPSA) is 67.4 Å². The number of nitrogens with one attached hydrogen (secondary N) is 2. The van der Waals surface area contributed by atoms with E-state index >= 15 is 0 Å². The van der Waals surface area contributed by atoms with Crippen molar-refractivity contribution in [3.63, 3.8) is 0 Å². The summed E-state index contributed by atoms with van der Waals surface area (Å²) in [5, 5.41) is 5.62. The van der Waals surface area contributed by atoms with Crippen molar-refractivity contribution in [3.8, 4) is 5.75 Å². The van der Waals surface area contributed by atoms with Crippen LogP contribution in [0.2, 0.25) is 0 Å². The number of hydrogen-bond donors (Lipinski definition) is 2. The zero-order valence-electron chi connectivity index (χ0n) is 14.9. The van der Waals surface area contributed by atoms with Crippen molar-refractivity contribution in [1.29, 1.82) is 0 Å². The standard InChI is InChI=1S/C21H20N2O3S/c1-26-17-9-7-15(8-10-17)13-22-21(25)23-14-18-11-12-19(27-18)20(24)16-5-3-2-4-6-16/h2-12H,13-14H2,1H3,(H2,22,23,25). The van der Waals surface area contributed by atoms with Crippen LogP contribution in [0.4, 0.5) is 4.79 Å². The number of hydrogen-bond acceptors (Lipinski definition) is 4. The third kappa shape index (κ3) is 5.18. The van der Waals surface area contributed by atoms with Gasteiger partial charge in [-0.05, 0) is 29.8 Å². The van der Waals surface area contributed by atoms with Gasteiger partial charge in [-0.2, -0.15) is 0 Å². The van der Waals surface area contributed by atoms with Gasteiger partial charge in [0.15, 0.2) is 0 Å². The molecule has 0 bridgehead atoms. The molecular formula is C21H20N2O3S. The molecular weight excluding hydrogens is 360 g/mol. The summed E-state index contributed by atoms with van der Waals surface area (Å²) in [4.78, 5) is 26.0. The van der Waals surface area contributed by atoms with Gasteiger partial charge in [0.25, 0.3) is 0 Å². The lowest BCUT2D eigenvalue weighted by Gasteiger charge is -2.07. The van der Waals surface area contributed by atoms with Gasteiger partial charge < -0.3 is 15.4 Å². The Morgan fingerprint density at radius 2 is 1.59 bits per heavy atom. The molecule has 0 atom stereocenters. The van der Waals surface area contributed by atoms with Crippen molar-refractivity contribution in [2.45, 2.75) is 13.1 Å². The van der Waals surface area contributed by atoms with Gasteiger partial charge in [0, 0.05) is 17.0 Å². The number of methoxy groups -OCH3 is 1. The van der Waals surface area contributed by atoms with Crippen LogP contribution >= 0.6 is 11.3 Å². The number of ketones is 1. The summed E-state index contributed by atoms with van der Waals surface area (Å²) in [5.74, 6) is 0.776. The summed E-state index contributed by atoms with van der Waals surface area (Å²) in [7, 11) is 1.62. The van der Waals surface area contributed by atoms with E-state index in [2.05, 4.69) is 10.6 Å². The second kappa shape index (κ2) is 9.00. The van der Waals surface area contributed by atoms with Crippen LogP contribution in [0.25, 0.3) is 0 Å². The molecule has 2 amide bonds. The largest absolute Gasteiger partial charge is 0.497 e. The number of thiophene rings is 1. The van der Waals surface area contributed by atoms with Gasteiger partial charge in [-0.3, -0.25) is 4.79 Å². The quantitative estimate of drug-likeness (QED) is 0.609. The van der Waals surface area contributed by atoms with Crippen LogP contribution in [-0.4, -0.2) is 18.9 Å². The van der Waals surface area contributed by atoms with E-state index in [1.165, 1.54) is 11.3 Å². The minimum atomic E-state index is -0.254. The first kappa shape index (κ1) is 18.7. The van der Waals surface area contributed by atoms with Gasteiger partial charge >= 0.3 is 6.03 Å². The van der Waals surface area contributed by atoms with Gasteiger partial charge in [0.1, 0.15) is 5.75 Å². The fourth-order valence-electron chi connectivity index (χ4n) is 2.48. The van der Waals surface area contributed by atoms with E-state index in [9.17, 15) is 9.59 Å². The van der Waals surface area contributed by atoms with Crippen LogP contribution in [0, 0.1) is 0 Å². The number of ether oxygens (including phenoxy) is 1. The number of carbonyl (C=O) groups excluding carboxylic acids is 2. The maximum absolute atomic E-state index is 12.4. The Balaban J connectivity index is 1.47. The van der Waals surface area contributed by atoms with Crippen molar-refractivity contribution in [3.05, 3.63) is 87.6 Å². The maximum Gasteiger partial charge on any atom is 0.315 e. The lowest BCUT2D eigenvalue weighted by molar-refractivity contribution is 0.104. The highest BCUT2D eigenvalue weighted by molar-refractivity contribution is 7.14. The molecule has 1 heterocycles. The maximum atomic E-state index is 12.4. The number of benzene rings is 2. The Bertz CT molecular complexity index is 905. The molecule has 0 fully saturated rings. The zero-order valence-corrected chi connectivity index (χ0v) is 15.7. The first-order chi connectivity index (χ1) is 13.2. The molecule has 2 aromatic carbocycles. The minimum Gasteiger partial charge on any atom is -0.497 e. The predicted molar refractivity (Wildman–Crippen MR) is 106 cm³/mol. The lowest BCUT2D eigenvalue weighted by Crippen LogP contribution is -2.34. The molecule has 0 spiro atoms. The van der Waals surface area contributed by atoms with Crippen LogP contribution in [0.3, 0.4) is 0 Å². The molecule has 0 saturated heterocycles. The Kier molecular flexibility index (Phi) is 6.22. The van der Waals surface area contributed by atoms with Crippen molar-refractivity contribution in [2.24, 2.45) is 0 Å². The number of rotatable bonds is 7. The molecule has 0 aliphatic heterocycles. The van der Waals surface area contributed by atoms with E-state index in [1.54, 1.807) is 25.3 Å². The molecule has 0 aliphatic carbocycles. The minimum absolute atomic E-state index is 0.00388. The van der Waals surface area contributed by atoms with E-state index < -0.39 is 0 Å². The second-order valence-corrected chi connectivity index (χ2v) is 7.01. The normalized spacial score (nSPS) is 10.3. The summed E-state index contributed by atoms with van der Waals surface area (Å²) in [5.41, 5.74) is 1.65. The summed E-state index contributed by atoms with van der Waals surface area (Å²) in [6.45, 7) is 0.805. The van der Waals surface area contributed by atoms with Crippen LogP contribution in [0.5, 0.6) is 5.75 Å². The lowest BCUT2D eigenvalue weighted by atomic mass is 10.1. The monoisotopic (exact) mass is 380 g/mol. The van der Waals surface area contributed by atoms with Gasteiger partial charge in [0.2, 0.25) is 5.78 Å². The summed E-state index contributed by atoms with van der Waals surface area (Å²) >= 11 is 1.39. The Morgan fingerprint density at radius 3 is 2.30 bits per heavy atom. The molecule has 6 heteroatoms. The highest BCUT2D eigenvalue weighted by atomic mass is 32.1. The van der Waals surface area contributed by atoms with Gasteiger partial charge in [-0.1, -0.05) is 42.5 Å². The Morgan fingerprint density at radius 1 is 0.889 bits per heavy atom. The average molecular weight is 380 g/mol. The molecule has 0 aliphatic rings. The molecule has 3 aromatic rings. The zero-order chi connectivity index (χ0) is 19.1. The third-order valence-electron chi connectivity index (χ3n) is 3.96. The molecule has 0 radical (unpaired) electrons. The highest BCUT2D eigenvalue weighted by Crippen LogP contribution is 2.20. The Hall–Kier alpha value is -3.12. The fraction of sp³-hybridized carbons (Fsp3) is 0.143. The summed E-state index contributed by atoms with van der Waals surface area (Å²) in [6, 6.07) is 20.1. The highest BCUT2D eigenvalue weighted by Gasteiger charge is 2.12. The van der Waals surface area contributed by atoms with E-state index in [1.807, 2.05) is 48.5 Å². The third-order valence-corrected chi connectivity index (χ3v) is 5.04. The first-order valence-electron chi connectivity index (χ1n) is 8.49. The van der Waals surface area contributed by atoms with E-state index in [0.717, 1.165) is 16.2 Å². The van der Waals surface area contributed by atoms with Crippen molar-refractivity contribution >= 4 is 23.2 Å². The molecule has 1 aromatic heterocycles. The van der Waals surface area contributed by atoms with Crippen LogP contribution in [0.15, 0.2) is 66.7 Å². The molecule has 27 heavy (non-hydrogen) atoms. The number of carbonyl (C=O) groups is 2. The van der Waals surface area contributed by atoms with Gasteiger partial charge in [-0.15, -0.1) is 11.3 Å². The Labute approximate surface area is 162 Å². The first-order valence-corrected chi connectivity index (χ1v) is 9.30. The van der Waals surface area contributed by atoms with Crippen molar-refractivity contribution in [1.82, 2.24) is 10.6 Å². The fourth-order valence-corrected chi connectivity index (χ4v) is 3.39. The van der Waals surface area contributed by atoms with Gasteiger partial charge in [-0.25, -0.2) is 4.79 Å². The molecule has 138 valence electrons. The van der Waals surface area contributed by atoms with E-state index in [-0.39, 0.29) is 11.8 Å². The summed E-state index contributed by atoms with van der Waals surface area (Å²) in [6.07, 6.45) is 0. The molecule has 2 N–H and O–H groups in total. The van der Waals surface area contributed by atoms with Crippen LogP contribution in [0.1, 0.15) is 25.7 Å². The van der Waals surface area contributed by atoms with Crippen LogP contribution < -0.4 is 15.4 Å². The predicted octanol–water partition coefficient (Wildman–Crippen LogP) is 3.99. The average Bonchev–Trinajstić information content (AvgIpc) is 3.20. The van der Waals surface area contributed by atoms with E-state index in [0.29, 0.717) is 23.5 Å². The smallest absolute Gasteiger partial charge is 0.315 e. The number of urea groups is 1. The SMILES string of the molecule is COc1ccc(CNC(=O)NCc2ccc(C(=O)c3ccccc3)s2)cc1. The molecule has 3 rings (SSSR count). The molecule has 0 saturated carbocycles. The number of amides is 2. The second-order valence-electron chi connectivity index (χ2n) is 5.85. The van der Waals surface area contributed by atoms with Crippen molar-refractivity contribution in [2.75, 3.05) is 7.11 Å². The summed E-state index contributed by atoms with van der Waals surface area (Å²) < 4.78 is 5.11. The molecule has 0 unspecified atom stereocenters. The van der Waals surface area contributed by atoms with Crippen LogP contribution in [-0.2, 0) is 13.1 Å². The molecule has 5 nitrogen and oxygen atoms in total. The van der Waals surface area contributed by atoms with E-state index in [4.69, 9.17) is 4.74 Å². The van der Waals surface area contributed by atoms with Gasteiger partial charge in [0.05, 0.1) is 18.5 Å².